The van der Waals surface area contributed by atoms with Crippen molar-refractivity contribution in [3.05, 3.63) is 16.8 Å². The van der Waals surface area contributed by atoms with Crippen LogP contribution in [0, 0.1) is 5.92 Å². The Morgan fingerprint density at radius 2 is 2.18 bits per heavy atom. The number of hydrogen-bond donors (Lipinski definition) is 1. The molecule has 2 aromatic rings. The van der Waals surface area contributed by atoms with E-state index in [0.29, 0.717) is 5.82 Å². The van der Waals surface area contributed by atoms with E-state index < -0.39 is 12.0 Å². The molecule has 2 atom stereocenters. The Kier molecular flexibility index (Phi) is 4.29. The lowest BCUT2D eigenvalue weighted by molar-refractivity contribution is -0.307. The Bertz CT molecular complexity index is 698. The maximum atomic E-state index is 11.5. The van der Waals surface area contributed by atoms with Crippen molar-refractivity contribution in [2.75, 3.05) is 5.32 Å². The number of anilines is 1. The van der Waals surface area contributed by atoms with Crippen molar-refractivity contribution in [2.24, 2.45) is 5.92 Å². The molecule has 3 rings (SSSR count). The highest BCUT2D eigenvalue weighted by Crippen LogP contribution is 2.38. The molecule has 22 heavy (non-hydrogen) atoms. The number of carboxylic acids is 1. The van der Waals surface area contributed by atoms with Crippen molar-refractivity contribution in [2.45, 2.75) is 52.0 Å². The molecule has 6 heteroatoms. The summed E-state index contributed by atoms with van der Waals surface area (Å²) in [5.41, 5.74) is 1.30. The molecule has 0 amide bonds. The van der Waals surface area contributed by atoms with Gasteiger partial charge >= 0.3 is 0 Å². The second-order valence-corrected chi connectivity index (χ2v) is 7.02. The van der Waals surface area contributed by atoms with Crippen LogP contribution in [0.15, 0.2) is 6.33 Å². The lowest BCUT2D eigenvalue weighted by Gasteiger charge is -2.26. The predicted molar refractivity (Wildman–Crippen MR) is 85.9 cm³/mol. The molecule has 0 aromatic carbocycles. The minimum absolute atomic E-state index is 0.0236. The molecule has 0 spiro atoms. The van der Waals surface area contributed by atoms with Crippen molar-refractivity contribution >= 4 is 33.3 Å². The van der Waals surface area contributed by atoms with Crippen LogP contribution < -0.4 is 10.4 Å². The van der Waals surface area contributed by atoms with Crippen molar-refractivity contribution in [1.82, 2.24) is 9.97 Å². The number of hydrogen-bond acceptors (Lipinski definition) is 6. The van der Waals surface area contributed by atoms with E-state index in [0.717, 1.165) is 29.5 Å². The molecule has 2 heterocycles. The quantitative estimate of drug-likeness (QED) is 0.914. The minimum atomic E-state index is -1.08. The third kappa shape index (κ3) is 2.67. The first-order chi connectivity index (χ1) is 10.6. The second kappa shape index (κ2) is 6.20. The Morgan fingerprint density at radius 1 is 1.41 bits per heavy atom. The number of fused-ring (bicyclic) bond motifs is 3. The number of carboxylic acid groups (broad SMARTS) is 1. The average molecular weight is 318 g/mol. The topological polar surface area (TPSA) is 77.9 Å². The zero-order valence-electron chi connectivity index (χ0n) is 12.9. The van der Waals surface area contributed by atoms with Gasteiger partial charge in [0.15, 0.2) is 0 Å². The van der Waals surface area contributed by atoms with Crippen LogP contribution in [0.5, 0.6) is 0 Å². The summed E-state index contributed by atoms with van der Waals surface area (Å²) >= 11 is 1.71. The van der Waals surface area contributed by atoms with Crippen LogP contribution >= 0.6 is 11.3 Å². The van der Waals surface area contributed by atoms with Crippen LogP contribution in [0.2, 0.25) is 0 Å². The number of aryl methyl sites for hydroxylation is 2. The summed E-state index contributed by atoms with van der Waals surface area (Å²) in [6.07, 6.45) is 6.77. The van der Waals surface area contributed by atoms with Gasteiger partial charge in [0.2, 0.25) is 0 Å². The number of aliphatic carboxylic acids is 1. The summed E-state index contributed by atoms with van der Waals surface area (Å²) in [6.45, 7) is 3.89. The predicted octanol–water partition coefficient (Wildman–Crippen LogP) is 2.15. The molecular weight excluding hydrogens is 298 g/mol. The lowest BCUT2D eigenvalue weighted by Crippen LogP contribution is -2.45. The molecule has 0 saturated carbocycles. The number of thiophene rings is 1. The van der Waals surface area contributed by atoms with E-state index in [2.05, 4.69) is 15.3 Å². The monoisotopic (exact) mass is 318 g/mol. The number of nitrogens with one attached hydrogen (secondary N) is 1. The van der Waals surface area contributed by atoms with Gasteiger partial charge in [0.05, 0.1) is 17.4 Å². The Labute approximate surface area is 133 Å². The number of rotatable bonds is 5. The van der Waals surface area contributed by atoms with Gasteiger partial charge in [0, 0.05) is 4.88 Å². The molecule has 1 N–H and O–H groups in total. The molecule has 0 aliphatic heterocycles. The SMILES string of the molecule is CC[C@@H](C)[C@H](Nc1ncnc2sc3c(c12)CCCC3)C(=O)[O-]. The first kappa shape index (κ1) is 15.2. The summed E-state index contributed by atoms with van der Waals surface area (Å²) in [6, 6.07) is -0.734. The van der Waals surface area contributed by atoms with Gasteiger partial charge in [-0.3, -0.25) is 0 Å². The molecule has 0 unspecified atom stereocenters. The molecule has 0 saturated heterocycles. The summed E-state index contributed by atoms with van der Waals surface area (Å²) in [5.74, 6) is -0.464. The van der Waals surface area contributed by atoms with Gasteiger partial charge in [0.1, 0.15) is 17.0 Å². The molecule has 0 radical (unpaired) electrons. The number of carbonyl (C=O) groups is 1. The third-order valence-electron chi connectivity index (χ3n) is 4.51. The average Bonchev–Trinajstić information content (AvgIpc) is 2.90. The van der Waals surface area contributed by atoms with Crippen molar-refractivity contribution in [3.8, 4) is 0 Å². The van der Waals surface area contributed by atoms with Gasteiger partial charge in [-0.2, -0.15) is 0 Å². The summed E-state index contributed by atoms with van der Waals surface area (Å²) < 4.78 is 0. The van der Waals surface area contributed by atoms with Gasteiger partial charge in [-0.1, -0.05) is 20.3 Å². The van der Waals surface area contributed by atoms with Crippen LogP contribution in [-0.4, -0.2) is 22.0 Å². The zero-order valence-corrected chi connectivity index (χ0v) is 13.7. The van der Waals surface area contributed by atoms with E-state index in [4.69, 9.17) is 0 Å². The fourth-order valence-corrected chi connectivity index (χ4v) is 4.25. The molecule has 0 bridgehead atoms. The van der Waals surface area contributed by atoms with E-state index in [1.165, 1.54) is 29.6 Å². The van der Waals surface area contributed by atoms with E-state index >= 15 is 0 Å². The summed E-state index contributed by atoms with van der Waals surface area (Å²) in [7, 11) is 0. The van der Waals surface area contributed by atoms with Crippen LogP contribution in [-0.2, 0) is 17.6 Å². The first-order valence-electron chi connectivity index (χ1n) is 7.84. The normalized spacial score (nSPS) is 17.0. The van der Waals surface area contributed by atoms with E-state index in [-0.39, 0.29) is 5.92 Å². The molecule has 0 fully saturated rings. The molecule has 2 aromatic heterocycles. The minimum Gasteiger partial charge on any atom is -0.548 e. The third-order valence-corrected chi connectivity index (χ3v) is 5.71. The van der Waals surface area contributed by atoms with Crippen molar-refractivity contribution in [1.29, 1.82) is 0 Å². The van der Waals surface area contributed by atoms with Gasteiger partial charge in [-0.15, -0.1) is 11.3 Å². The molecule has 1 aliphatic rings. The Hall–Kier alpha value is -1.69. The largest absolute Gasteiger partial charge is 0.548 e. The smallest absolute Gasteiger partial charge is 0.138 e. The van der Waals surface area contributed by atoms with Crippen LogP contribution in [0.1, 0.15) is 43.6 Å². The molecule has 1 aliphatic carbocycles. The van der Waals surface area contributed by atoms with Crippen molar-refractivity contribution < 1.29 is 9.90 Å². The number of nitrogens with zero attached hydrogens (tertiary/aromatic N) is 2. The first-order valence-corrected chi connectivity index (χ1v) is 8.66. The highest BCUT2D eigenvalue weighted by Gasteiger charge is 2.23. The summed E-state index contributed by atoms with van der Waals surface area (Å²) in [4.78, 5) is 22.5. The fourth-order valence-electron chi connectivity index (χ4n) is 3.02. The van der Waals surface area contributed by atoms with E-state index in [9.17, 15) is 9.90 Å². The molecular formula is C16H20N3O2S-. The Morgan fingerprint density at radius 3 is 2.91 bits per heavy atom. The maximum Gasteiger partial charge on any atom is 0.138 e. The molecule has 5 nitrogen and oxygen atoms in total. The highest BCUT2D eigenvalue weighted by atomic mass is 32.1. The van der Waals surface area contributed by atoms with E-state index in [1.54, 1.807) is 11.3 Å². The fraction of sp³-hybridized carbons (Fsp3) is 0.562. The van der Waals surface area contributed by atoms with Crippen molar-refractivity contribution in [3.63, 3.8) is 0 Å². The lowest BCUT2D eigenvalue weighted by atomic mass is 9.96. The standard InChI is InChI=1S/C16H21N3O2S/c1-3-9(2)13(16(20)21)19-14-12-10-6-4-5-7-11(10)22-15(12)18-8-17-14/h8-9,13H,3-7H2,1-2H3,(H,20,21)(H,17,18,19)/p-1/t9-,13+/m1/s1. The van der Waals surface area contributed by atoms with Gasteiger partial charge in [-0.25, -0.2) is 9.97 Å². The van der Waals surface area contributed by atoms with Gasteiger partial charge < -0.3 is 15.2 Å². The number of aromatic nitrogens is 2. The van der Waals surface area contributed by atoms with Crippen LogP contribution in [0.3, 0.4) is 0 Å². The summed E-state index contributed by atoms with van der Waals surface area (Å²) in [5, 5.41) is 15.6. The van der Waals surface area contributed by atoms with Crippen LogP contribution in [0.4, 0.5) is 5.82 Å². The maximum absolute atomic E-state index is 11.5. The van der Waals surface area contributed by atoms with Gasteiger partial charge in [0.25, 0.3) is 0 Å². The van der Waals surface area contributed by atoms with E-state index in [1.807, 2.05) is 13.8 Å². The molecule has 118 valence electrons. The second-order valence-electron chi connectivity index (χ2n) is 5.94. The van der Waals surface area contributed by atoms with Crippen LogP contribution in [0.25, 0.3) is 10.2 Å². The van der Waals surface area contributed by atoms with Gasteiger partial charge in [-0.05, 0) is 37.2 Å². The Balaban J connectivity index is 2.03. The number of carbonyl (C=O) groups excluding carboxylic acids is 1. The highest BCUT2D eigenvalue weighted by molar-refractivity contribution is 7.19. The zero-order chi connectivity index (χ0) is 15.7.